The SMILES string of the molecule is CCN1C(=O)CCc2cc(NS(=O)(=O)Cc3cc(OC)cc(OC)c3)ccc21. The van der Waals surface area contributed by atoms with Crippen LogP contribution in [0.15, 0.2) is 36.4 Å². The lowest BCUT2D eigenvalue weighted by atomic mass is 10.0. The van der Waals surface area contributed by atoms with Gasteiger partial charge >= 0.3 is 0 Å². The van der Waals surface area contributed by atoms with Crippen LogP contribution in [0.1, 0.15) is 24.5 Å². The van der Waals surface area contributed by atoms with Gasteiger partial charge in [0.05, 0.1) is 20.0 Å². The van der Waals surface area contributed by atoms with Crippen molar-refractivity contribution in [2.24, 2.45) is 0 Å². The fourth-order valence-electron chi connectivity index (χ4n) is 3.35. The number of rotatable bonds is 7. The molecule has 28 heavy (non-hydrogen) atoms. The van der Waals surface area contributed by atoms with Gasteiger partial charge < -0.3 is 14.4 Å². The number of hydrogen-bond acceptors (Lipinski definition) is 5. The topological polar surface area (TPSA) is 84.9 Å². The third-order valence-corrected chi connectivity index (χ3v) is 5.90. The summed E-state index contributed by atoms with van der Waals surface area (Å²) in [5, 5.41) is 0. The summed E-state index contributed by atoms with van der Waals surface area (Å²) in [4.78, 5) is 13.7. The van der Waals surface area contributed by atoms with Crippen LogP contribution < -0.4 is 19.1 Å². The third-order valence-electron chi connectivity index (χ3n) is 4.64. The van der Waals surface area contributed by atoms with E-state index in [0.29, 0.717) is 42.1 Å². The Hall–Kier alpha value is -2.74. The van der Waals surface area contributed by atoms with Crippen molar-refractivity contribution in [2.75, 3.05) is 30.4 Å². The lowest BCUT2D eigenvalue weighted by Gasteiger charge is -2.28. The quantitative estimate of drug-likeness (QED) is 0.767. The fraction of sp³-hybridized carbons (Fsp3) is 0.350. The number of benzene rings is 2. The van der Waals surface area contributed by atoms with Gasteiger partial charge in [-0.25, -0.2) is 8.42 Å². The summed E-state index contributed by atoms with van der Waals surface area (Å²) in [5.41, 5.74) is 2.85. The minimum Gasteiger partial charge on any atom is -0.497 e. The average Bonchev–Trinajstić information content (AvgIpc) is 2.66. The zero-order chi connectivity index (χ0) is 20.3. The predicted octanol–water partition coefficient (Wildman–Crippen LogP) is 2.94. The maximum absolute atomic E-state index is 12.7. The highest BCUT2D eigenvalue weighted by molar-refractivity contribution is 7.91. The van der Waals surface area contributed by atoms with Crippen LogP contribution in [0.5, 0.6) is 11.5 Å². The van der Waals surface area contributed by atoms with Gasteiger partial charge in [-0.3, -0.25) is 9.52 Å². The molecule has 0 radical (unpaired) electrons. The van der Waals surface area contributed by atoms with Gasteiger partial charge in [-0.15, -0.1) is 0 Å². The van der Waals surface area contributed by atoms with E-state index in [2.05, 4.69) is 4.72 Å². The van der Waals surface area contributed by atoms with Crippen molar-refractivity contribution < 1.29 is 22.7 Å². The van der Waals surface area contributed by atoms with E-state index < -0.39 is 10.0 Å². The summed E-state index contributed by atoms with van der Waals surface area (Å²) in [6, 6.07) is 10.3. The zero-order valence-corrected chi connectivity index (χ0v) is 17.0. The number of anilines is 2. The number of fused-ring (bicyclic) bond motifs is 1. The van der Waals surface area contributed by atoms with E-state index in [1.807, 2.05) is 6.92 Å². The van der Waals surface area contributed by atoms with Crippen LogP contribution in [0, 0.1) is 0 Å². The average molecular weight is 404 g/mol. The second-order valence-electron chi connectivity index (χ2n) is 6.56. The van der Waals surface area contributed by atoms with Crippen molar-refractivity contribution in [3.8, 4) is 11.5 Å². The Morgan fingerprint density at radius 1 is 1.04 bits per heavy atom. The molecule has 1 heterocycles. The van der Waals surface area contributed by atoms with Crippen LogP contribution >= 0.6 is 0 Å². The molecule has 0 unspecified atom stereocenters. The molecule has 1 aliphatic rings. The highest BCUT2D eigenvalue weighted by Gasteiger charge is 2.23. The van der Waals surface area contributed by atoms with E-state index >= 15 is 0 Å². The molecule has 8 heteroatoms. The van der Waals surface area contributed by atoms with Crippen molar-refractivity contribution in [3.05, 3.63) is 47.5 Å². The monoisotopic (exact) mass is 404 g/mol. The molecule has 0 atom stereocenters. The van der Waals surface area contributed by atoms with E-state index in [4.69, 9.17) is 9.47 Å². The normalized spacial score (nSPS) is 13.8. The van der Waals surface area contributed by atoms with Crippen LogP contribution in [0.4, 0.5) is 11.4 Å². The van der Waals surface area contributed by atoms with Gasteiger partial charge in [-0.05, 0) is 54.8 Å². The molecule has 2 aromatic rings. The number of nitrogens with one attached hydrogen (secondary N) is 1. The van der Waals surface area contributed by atoms with Crippen LogP contribution in [0.2, 0.25) is 0 Å². The van der Waals surface area contributed by atoms with E-state index in [1.54, 1.807) is 41.3 Å². The number of sulfonamides is 1. The van der Waals surface area contributed by atoms with E-state index in [0.717, 1.165) is 11.3 Å². The predicted molar refractivity (Wildman–Crippen MR) is 109 cm³/mol. The Morgan fingerprint density at radius 2 is 1.71 bits per heavy atom. The van der Waals surface area contributed by atoms with Gasteiger partial charge in [0.15, 0.2) is 0 Å². The molecule has 0 spiro atoms. The molecule has 7 nitrogen and oxygen atoms in total. The first kappa shape index (κ1) is 20.0. The second kappa shape index (κ2) is 8.10. The highest BCUT2D eigenvalue weighted by atomic mass is 32.2. The molecule has 150 valence electrons. The van der Waals surface area contributed by atoms with Crippen molar-refractivity contribution in [1.82, 2.24) is 0 Å². The summed E-state index contributed by atoms with van der Waals surface area (Å²) in [6.07, 6.45) is 1.04. The van der Waals surface area contributed by atoms with Gasteiger partial charge in [-0.2, -0.15) is 0 Å². The van der Waals surface area contributed by atoms with Crippen LogP contribution in [0.25, 0.3) is 0 Å². The first-order valence-corrected chi connectivity index (χ1v) is 10.7. The number of methoxy groups -OCH3 is 2. The van der Waals surface area contributed by atoms with Gasteiger partial charge in [-0.1, -0.05) is 0 Å². The standard InChI is InChI=1S/C20H24N2O5S/c1-4-22-19-7-6-16(11-15(19)5-8-20(22)23)21-28(24,25)13-14-9-17(26-2)12-18(10-14)27-3/h6-7,9-12,21H,4-5,8,13H2,1-3H3. The lowest BCUT2D eigenvalue weighted by Crippen LogP contribution is -2.34. The number of amides is 1. The summed E-state index contributed by atoms with van der Waals surface area (Å²) < 4.78 is 38.3. The van der Waals surface area contributed by atoms with Gasteiger partial charge in [0.25, 0.3) is 0 Å². The molecule has 2 aromatic carbocycles. The molecule has 0 aliphatic carbocycles. The second-order valence-corrected chi connectivity index (χ2v) is 8.29. The number of hydrogen-bond donors (Lipinski definition) is 1. The Morgan fingerprint density at radius 3 is 2.32 bits per heavy atom. The van der Waals surface area contributed by atoms with E-state index in [9.17, 15) is 13.2 Å². The number of aryl methyl sites for hydroxylation is 1. The lowest BCUT2D eigenvalue weighted by molar-refractivity contribution is -0.118. The summed E-state index contributed by atoms with van der Waals surface area (Å²) in [7, 11) is -0.602. The van der Waals surface area contributed by atoms with Gasteiger partial charge in [0.1, 0.15) is 11.5 Å². The molecule has 3 rings (SSSR count). The van der Waals surface area contributed by atoms with Gasteiger partial charge in [0, 0.05) is 30.4 Å². The first-order chi connectivity index (χ1) is 13.3. The Balaban J connectivity index is 1.81. The Bertz CT molecular complexity index is 966. The summed E-state index contributed by atoms with van der Waals surface area (Å²) in [6.45, 7) is 2.51. The Labute approximate surface area is 165 Å². The fourth-order valence-corrected chi connectivity index (χ4v) is 4.52. The Kier molecular flexibility index (Phi) is 5.79. The van der Waals surface area contributed by atoms with Gasteiger partial charge in [0.2, 0.25) is 15.9 Å². The first-order valence-electron chi connectivity index (χ1n) is 9.01. The molecule has 1 N–H and O–H groups in total. The molecular weight excluding hydrogens is 380 g/mol. The highest BCUT2D eigenvalue weighted by Crippen LogP contribution is 2.31. The molecule has 0 saturated heterocycles. The summed E-state index contributed by atoms with van der Waals surface area (Å²) >= 11 is 0. The molecule has 0 bridgehead atoms. The van der Waals surface area contributed by atoms with Crippen molar-refractivity contribution in [2.45, 2.75) is 25.5 Å². The molecule has 1 amide bonds. The number of ether oxygens (including phenoxy) is 2. The zero-order valence-electron chi connectivity index (χ0n) is 16.2. The van der Waals surface area contributed by atoms with Crippen molar-refractivity contribution in [3.63, 3.8) is 0 Å². The maximum atomic E-state index is 12.7. The molecule has 1 aliphatic heterocycles. The minimum atomic E-state index is -3.64. The number of carbonyl (C=O) groups excluding carboxylic acids is 1. The van der Waals surface area contributed by atoms with Crippen molar-refractivity contribution >= 4 is 27.3 Å². The molecule has 0 aromatic heterocycles. The smallest absolute Gasteiger partial charge is 0.236 e. The van der Waals surface area contributed by atoms with Crippen LogP contribution in [-0.4, -0.2) is 35.1 Å². The molecule has 0 fully saturated rings. The third kappa shape index (κ3) is 4.39. The van der Waals surface area contributed by atoms with Crippen LogP contribution in [-0.2, 0) is 27.0 Å². The number of carbonyl (C=O) groups is 1. The maximum Gasteiger partial charge on any atom is 0.236 e. The van der Waals surface area contributed by atoms with E-state index in [-0.39, 0.29) is 11.7 Å². The number of nitrogens with zero attached hydrogens (tertiary/aromatic N) is 1. The van der Waals surface area contributed by atoms with Crippen molar-refractivity contribution in [1.29, 1.82) is 0 Å². The largest absolute Gasteiger partial charge is 0.497 e. The van der Waals surface area contributed by atoms with E-state index in [1.165, 1.54) is 14.2 Å². The molecule has 0 saturated carbocycles. The summed E-state index contributed by atoms with van der Waals surface area (Å²) in [5.74, 6) is 0.942. The molecular formula is C20H24N2O5S. The van der Waals surface area contributed by atoms with Crippen LogP contribution in [0.3, 0.4) is 0 Å². The minimum absolute atomic E-state index is 0.0929.